The first kappa shape index (κ1) is 11.4. The molecule has 3 aromatic rings. The van der Waals surface area contributed by atoms with Crippen molar-refractivity contribution in [2.45, 2.75) is 13.0 Å². The summed E-state index contributed by atoms with van der Waals surface area (Å²) in [5.41, 5.74) is 1.25. The third kappa shape index (κ3) is 1.91. The van der Waals surface area contributed by atoms with E-state index in [4.69, 9.17) is 0 Å². The van der Waals surface area contributed by atoms with E-state index in [0.717, 1.165) is 12.4 Å². The number of hydrogen-bond donors (Lipinski definition) is 2. The Bertz CT molecular complexity index is 629. The minimum atomic E-state index is 0.0693. The second-order valence-corrected chi connectivity index (χ2v) is 4.96. The number of aromatic nitrogens is 3. The largest absolute Gasteiger partial charge is 0.304 e. The van der Waals surface area contributed by atoms with E-state index in [9.17, 15) is 0 Å². The molecule has 0 radical (unpaired) electrons. The molecule has 0 aliphatic carbocycles. The van der Waals surface area contributed by atoms with Gasteiger partial charge in [-0.1, -0.05) is 25.1 Å². The summed E-state index contributed by atoms with van der Waals surface area (Å²) in [7, 11) is 0. The molecule has 2 N–H and O–H groups in total. The van der Waals surface area contributed by atoms with Crippen molar-refractivity contribution in [1.82, 2.24) is 20.5 Å². The standard InChI is InChI=1S/C13H14N4S/c1-2-14-11(13-15-8-16-17-13)10-5-3-4-9-6-7-18-12(9)10/h3-8,11,14H,2H2,1H3,(H,15,16,17). The Morgan fingerprint density at radius 1 is 1.39 bits per heavy atom. The molecular formula is C13H14N4S. The van der Waals surface area contributed by atoms with Crippen molar-refractivity contribution in [1.29, 1.82) is 0 Å². The van der Waals surface area contributed by atoms with Crippen molar-refractivity contribution in [3.05, 3.63) is 47.4 Å². The van der Waals surface area contributed by atoms with Gasteiger partial charge in [0.2, 0.25) is 0 Å². The normalized spacial score (nSPS) is 12.9. The van der Waals surface area contributed by atoms with Gasteiger partial charge in [-0.05, 0) is 28.9 Å². The molecule has 2 heterocycles. The summed E-state index contributed by atoms with van der Waals surface area (Å²) >= 11 is 1.76. The number of hydrogen-bond acceptors (Lipinski definition) is 4. The van der Waals surface area contributed by atoms with Crippen LogP contribution in [0.5, 0.6) is 0 Å². The van der Waals surface area contributed by atoms with Crippen LogP contribution in [0.3, 0.4) is 0 Å². The molecule has 92 valence electrons. The maximum atomic E-state index is 4.28. The second-order valence-electron chi connectivity index (χ2n) is 4.05. The fourth-order valence-electron chi connectivity index (χ4n) is 2.16. The van der Waals surface area contributed by atoms with Gasteiger partial charge in [-0.3, -0.25) is 5.10 Å². The van der Waals surface area contributed by atoms with Crippen LogP contribution in [-0.2, 0) is 0 Å². The fraction of sp³-hybridized carbons (Fsp3) is 0.231. The van der Waals surface area contributed by atoms with Gasteiger partial charge in [0.05, 0.1) is 6.04 Å². The van der Waals surface area contributed by atoms with Crippen LogP contribution >= 0.6 is 11.3 Å². The first-order valence-electron chi connectivity index (χ1n) is 5.95. The number of benzene rings is 1. The second kappa shape index (κ2) is 4.88. The Kier molecular flexibility index (Phi) is 3.08. The number of aromatic amines is 1. The van der Waals surface area contributed by atoms with Crippen LogP contribution < -0.4 is 5.32 Å². The molecule has 1 aromatic carbocycles. The number of thiophene rings is 1. The summed E-state index contributed by atoms with van der Waals surface area (Å²) in [6, 6.07) is 8.59. The van der Waals surface area contributed by atoms with Gasteiger partial charge in [0.1, 0.15) is 12.2 Å². The van der Waals surface area contributed by atoms with Gasteiger partial charge in [-0.25, -0.2) is 4.98 Å². The zero-order chi connectivity index (χ0) is 12.4. The molecule has 2 aromatic heterocycles. The van der Waals surface area contributed by atoms with Crippen molar-refractivity contribution in [3.63, 3.8) is 0 Å². The number of nitrogens with zero attached hydrogens (tertiary/aromatic N) is 2. The molecule has 0 bridgehead atoms. The lowest BCUT2D eigenvalue weighted by atomic mass is 10.0. The highest BCUT2D eigenvalue weighted by atomic mass is 32.1. The van der Waals surface area contributed by atoms with Crippen LogP contribution in [0.1, 0.15) is 24.4 Å². The summed E-state index contributed by atoms with van der Waals surface area (Å²) in [6.45, 7) is 2.98. The topological polar surface area (TPSA) is 53.6 Å². The van der Waals surface area contributed by atoms with E-state index in [1.807, 2.05) is 0 Å². The number of H-pyrrole nitrogens is 1. The molecule has 0 aliphatic heterocycles. The van der Waals surface area contributed by atoms with Gasteiger partial charge >= 0.3 is 0 Å². The monoisotopic (exact) mass is 258 g/mol. The van der Waals surface area contributed by atoms with E-state index >= 15 is 0 Å². The third-order valence-corrected chi connectivity index (χ3v) is 3.92. The number of fused-ring (bicyclic) bond motifs is 1. The molecule has 5 heteroatoms. The molecule has 3 rings (SSSR count). The first-order chi connectivity index (χ1) is 8.90. The van der Waals surface area contributed by atoms with Crippen molar-refractivity contribution < 1.29 is 0 Å². The smallest absolute Gasteiger partial charge is 0.146 e. The highest BCUT2D eigenvalue weighted by Crippen LogP contribution is 2.30. The highest BCUT2D eigenvalue weighted by molar-refractivity contribution is 7.17. The van der Waals surface area contributed by atoms with Crippen LogP contribution in [0, 0.1) is 0 Å². The van der Waals surface area contributed by atoms with Crippen molar-refractivity contribution in [2.24, 2.45) is 0 Å². The lowest BCUT2D eigenvalue weighted by Crippen LogP contribution is -2.23. The van der Waals surface area contributed by atoms with Gasteiger partial charge in [-0.2, -0.15) is 5.10 Å². The zero-order valence-corrected chi connectivity index (χ0v) is 10.9. The van der Waals surface area contributed by atoms with Crippen molar-refractivity contribution in [2.75, 3.05) is 6.54 Å². The summed E-state index contributed by atoms with van der Waals surface area (Å²) in [5.74, 6) is 0.859. The summed E-state index contributed by atoms with van der Waals surface area (Å²) in [5, 5.41) is 13.8. The predicted molar refractivity (Wildman–Crippen MR) is 73.7 cm³/mol. The molecular weight excluding hydrogens is 244 g/mol. The van der Waals surface area contributed by atoms with Crippen LogP contribution in [0.25, 0.3) is 10.1 Å². The molecule has 0 spiro atoms. The average molecular weight is 258 g/mol. The highest BCUT2D eigenvalue weighted by Gasteiger charge is 2.18. The van der Waals surface area contributed by atoms with Crippen molar-refractivity contribution in [3.8, 4) is 0 Å². The molecule has 0 saturated heterocycles. The molecule has 1 unspecified atom stereocenters. The first-order valence-corrected chi connectivity index (χ1v) is 6.83. The van der Waals surface area contributed by atoms with E-state index < -0.39 is 0 Å². The van der Waals surface area contributed by atoms with Crippen LogP contribution in [0.4, 0.5) is 0 Å². The third-order valence-electron chi connectivity index (χ3n) is 2.94. The van der Waals surface area contributed by atoms with Gasteiger partial charge in [0.15, 0.2) is 0 Å². The molecule has 1 atom stereocenters. The molecule has 0 saturated carbocycles. The van der Waals surface area contributed by atoms with E-state index in [-0.39, 0.29) is 6.04 Å². The Morgan fingerprint density at radius 3 is 3.11 bits per heavy atom. The van der Waals surface area contributed by atoms with Crippen molar-refractivity contribution >= 4 is 21.4 Å². The van der Waals surface area contributed by atoms with Crippen LogP contribution in [0.2, 0.25) is 0 Å². The van der Waals surface area contributed by atoms with E-state index in [2.05, 4.69) is 57.1 Å². The maximum Gasteiger partial charge on any atom is 0.146 e. The summed E-state index contributed by atoms with van der Waals surface area (Å²) in [6.07, 6.45) is 1.55. The Balaban J connectivity index is 2.12. The van der Waals surface area contributed by atoms with Gasteiger partial charge in [0.25, 0.3) is 0 Å². The maximum absolute atomic E-state index is 4.28. The minimum Gasteiger partial charge on any atom is -0.304 e. The van der Waals surface area contributed by atoms with Gasteiger partial charge in [-0.15, -0.1) is 11.3 Å². The minimum absolute atomic E-state index is 0.0693. The summed E-state index contributed by atoms with van der Waals surface area (Å²) in [4.78, 5) is 4.28. The van der Waals surface area contributed by atoms with E-state index in [1.54, 1.807) is 17.7 Å². The Morgan fingerprint density at radius 2 is 2.33 bits per heavy atom. The van der Waals surface area contributed by atoms with Crippen LogP contribution in [-0.4, -0.2) is 21.7 Å². The fourth-order valence-corrected chi connectivity index (χ4v) is 3.10. The molecule has 18 heavy (non-hydrogen) atoms. The number of rotatable bonds is 4. The van der Waals surface area contributed by atoms with E-state index in [1.165, 1.54) is 15.6 Å². The van der Waals surface area contributed by atoms with E-state index in [0.29, 0.717) is 0 Å². The zero-order valence-electron chi connectivity index (χ0n) is 10.1. The lowest BCUT2D eigenvalue weighted by Gasteiger charge is -2.16. The predicted octanol–water partition coefficient (Wildman–Crippen LogP) is 2.72. The Hall–Kier alpha value is -1.72. The molecule has 0 fully saturated rings. The molecule has 4 nitrogen and oxygen atoms in total. The quantitative estimate of drug-likeness (QED) is 0.756. The van der Waals surface area contributed by atoms with Crippen LogP contribution in [0.15, 0.2) is 36.0 Å². The molecule has 0 amide bonds. The lowest BCUT2D eigenvalue weighted by molar-refractivity contribution is 0.604. The summed E-state index contributed by atoms with van der Waals surface area (Å²) < 4.78 is 1.31. The number of nitrogens with one attached hydrogen (secondary N) is 2. The Labute approximate surface area is 109 Å². The van der Waals surface area contributed by atoms with Gasteiger partial charge < -0.3 is 5.32 Å². The SMILES string of the molecule is CCNC(c1ncn[nH]1)c1cccc2ccsc12. The van der Waals surface area contributed by atoms with Gasteiger partial charge in [0, 0.05) is 4.70 Å². The average Bonchev–Trinajstić information content (AvgIpc) is 3.06. The molecule has 0 aliphatic rings.